The molecule has 0 atom stereocenters. The molecule has 0 aliphatic heterocycles. The molecule has 0 amide bonds. The maximum atomic E-state index is 6.97. The standard InChI is InChI=1S/C7H9N3O/c1-11-7-2-5(3-8)6(9)4-10-7/h2-4,8H,9H2,1H3. The van der Waals surface area contributed by atoms with Gasteiger partial charge in [-0.05, 0) is 0 Å². The number of ether oxygens (including phenoxy) is 1. The number of nitrogen functional groups attached to an aromatic ring is 1. The molecule has 0 spiro atoms. The third-order valence-electron chi connectivity index (χ3n) is 1.31. The zero-order valence-electron chi connectivity index (χ0n) is 6.16. The number of methoxy groups -OCH3 is 1. The van der Waals surface area contributed by atoms with Crippen LogP contribution in [0, 0.1) is 5.41 Å². The Morgan fingerprint density at radius 3 is 3.00 bits per heavy atom. The van der Waals surface area contributed by atoms with E-state index in [1.54, 1.807) is 6.07 Å². The number of nitrogens with one attached hydrogen (secondary N) is 1. The molecule has 0 aromatic carbocycles. The van der Waals surface area contributed by atoms with Gasteiger partial charge in [0.1, 0.15) is 0 Å². The molecule has 58 valence electrons. The van der Waals surface area contributed by atoms with Crippen LogP contribution in [0.3, 0.4) is 0 Å². The molecule has 1 aromatic rings. The van der Waals surface area contributed by atoms with Gasteiger partial charge in [-0.2, -0.15) is 0 Å². The monoisotopic (exact) mass is 151 g/mol. The van der Waals surface area contributed by atoms with Crippen LogP contribution in [0.4, 0.5) is 5.69 Å². The van der Waals surface area contributed by atoms with Gasteiger partial charge in [0.05, 0.1) is 19.0 Å². The molecular formula is C7H9N3O. The van der Waals surface area contributed by atoms with Gasteiger partial charge in [-0.15, -0.1) is 0 Å². The summed E-state index contributed by atoms with van der Waals surface area (Å²) < 4.78 is 4.84. The highest BCUT2D eigenvalue weighted by molar-refractivity contribution is 5.84. The predicted molar refractivity (Wildman–Crippen MR) is 43.1 cm³/mol. The largest absolute Gasteiger partial charge is 0.481 e. The lowest BCUT2D eigenvalue weighted by Gasteiger charge is -2.01. The van der Waals surface area contributed by atoms with Crippen molar-refractivity contribution in [1.29, 1.82) is 5.41 Å². The van der Waals surface area contributed by atoms with Crippen molar-refractivity contribution in [3.8, 4) is 5.88 Å². The van der Waals surface area contributed by atoms with E-state index in [0.29, 0.717) is 17.1 Å². The maximum Gasteiger partial charge on any atom is 0.213 e. The lowest BCUT2D eigenvalue weighted by atomic mass is 10.2. The van der Waals surface area contributed by atoms with Crippen molar-refractivity contribution in [2.24, 2.45) is 0 Å². The van der Waals surface area contributed by atoms with Crippen LogP contribution >= 0.6 is 0 Å². The fraction of sp³-hybridized carbons (Fsp3) is 0.143. The zero-order chi connectivity index (χ0) is 8.27. The summed E-state index contributed by atoms with van der Waals surface area (Å²) in [5.41, 5.74) is 6.59. The Morgan fingerprint density at radius 1 is 1.73 bits per heavy atom. The molecule has 0 aliphatic carbocycles. The van der Waals surface area contributed by atoms with E-state index in [1.807, 2.05) is 0 Å². The Hall–Kier alpha value is -1.58. The minimum Gasteiger partial charge on any atom is -0.481 e. The molecule has 1 rings (SSSR count). The zero-order valence-corrected chi connectivity index (χ0v) is 6.16. The van der Waals surface area contributed by atoms with E-state index in [0.717, 1.165) is 0 Å². The summed E-state index contributed by atoms with van der Waals surface area (Å²) in [7, 11) is 1.52. The number of hydrogen-bond donors (Lipinski definition) is 2. The van der Waals surface area contributed by atoms with Gasteiger partial charge >= 0.3 is 0 Å². The summed E-state index contributed by atoms with van der Waals surface area (Å²) in [4.78, 5) is 3.85. The van der Waals surface area contributed by atoms with Crippen LogP contribution in [0.1, 0.15) is 5.56 Å². The lowest BCUT2D eigenvalue weighted by molar-refractivity contribution is 0.398. The summed E-state index contributed by atoms with van der Waals surface area (Å²) in [5.74, 6) is 0.470. The topological polar surface area (TPSA) is 72.0 Å². The number of aromatic nitrogens is 1. The Kier molecular flexibility index (Phi) is 2.06. The van der Waals surface area contributed by atoms with E-state index in [4.69, 9.17) is 15.9 Å². The molecule has 0 unspecified atom stereocenters. The SMILES string of the molecule is COc1cc(C=N)c(N)cn1. The number of rotatable bonds is 2. The quantitative estimate of drug-likeness (QED) is 0.610. The average Bonchev–Trinajstić information content (AvgIpc) is 2.05. The minimum absolute atomic E-state index is 0.470. The molecule has 0 fully saturated rings. The normalized spacial score (nSPS) is 9.18. The van der Waals surface area contributed by atoms with Crippen LogP contribution in [-0.4, -0.2) is 18.3 Å². The van der Waals surface area contributed by atoms with Gasteiger partial charge in [-0.3, -0.25) is 0 Å². The first-order valence-electron chi connectivity index (χ1n) is 3.08. The number of pyridine rings is 1. The molecule has 0 bridgehead atoms. The van der Waals surface area contributed by atoms with E-state index in [-0.39, 0.29) is 0 Å². The second-order valence-electron chi connectivity index (χ2n) is 2.00. The van der Waals surface area contributed by atoms with Gasteiger partial charge in [0, 0.05) is 17.8 Å². The van der Waals surface area contributed by atoms with Crippen molar-refractivity contribution in [3.05, 3.63) is 17.8 Å². The van der Waals surface area contributed by atoms with Gasteiger partial charge in [-0.25, -0.2) is 4.98 Å². The van der Waals surface area contributed by atoms with Gasteiger partial charge in [0.25, 0.3) is 0 Å². The molecule has 1 heterocycles. The Bertz CT molecular complexity index is 272. The first-order chi connectivity index (χ1) is 5.27. The minimum atomic E-state index is 0.470. The van der Waals surface area contributed by atoms with Crippen LogP contribution < -0.4 is 10.5 Å². The van der Waals surface area contributed by atoms with Crippen LogP contribution in [0.5, 0.6) is 5.88 Å². The lowest BCUT2D eigenvalue weighted by Crippen LogP contribution is -1.96. The van der Waals surface area contributed by atoms with Crippen LogP contribution in [-0.2, 0) is 0 Å². The van der Waals surface area contributed by atoms with E-state index < -0.39 is 0 Å². The van der Waals surface area contributed by atoms with Crippen molar-refractivity contribution >= 4 is 11.9 Å². The van der Waals surface area contributed by atoms with Gasteiger partial charge in [0.15, 0.2) is 0 Å². The second kappa shape index (κ2) is 3.01. The molecule has 0 saturated carbocycles. The summed E-state index contributed by atoms with van der Waals surface area (Å²) in [6.07, 6.45) is 2.64. The Morgan fingerprint density at radius 2 is 2.45 bits per heavy atom. The summed E-state index contributed by atoms with van der Waals surface area (Å²) >= 11 is 0. The van der Waals surface area contributed by atoms with Crippen molar-refractivity contribution in [1.82, 2.24) is 4.98 Å². The Balaban J connectivity index is 3.12. The molecule has 4 nitrogen and oxygen atoms in total. The van der Waals surface area contributed by atoms with Crippen LogP contribution in [0.15, 0.2) is 12.3 Å². The second-order valence-corrected chi connectivity index (χ2v) is 2.00. The molecule has 3 N–H and O–H groups in total. The third kappa shape index (κ3) is 1.46. The molecule has 0 aliphatic rings. The fourth-order valence-electron chi connectivity index (χ4n) is 0.698. The first kappa shape index (κ1) is 7.53. The fourth-order valence-corrected chi connectivity index (χ4v) is 0.698. The summed E-state index contributed by atoms with van der Waals surface area (Å²) in [6.45, 7) is 0. The van der Waals surface area contributed by atoms with Crippen LogP contribution in [0.25, 0.3) is 0 Å². The number of nitrogens with two attached hydrogens (primary N) is 1. The number of hydrogen-bond acceptors (Lipinski definition) is 4. The van der Waals surface area contributed by atoms with Gasteiger partial charge in [-0.1, -0.05) is 0 Å². The average molecular weight is 151 g/mol. The Labute approximate surface area is 64.5 Å². The van der Waals surface area contributed by atoms with Crippen molar-refractivity contribution < 1.29 is 4.74 Å². The number of anilines is 1. The summed E-state index contributed by atoms with van der Waals surface area (Å²) in [5, 5.41) is 6.97. The highest BCUT2D eigenvalue weighted by atomic mass is 16.5. The van der Waals surface area contributed by atoms with Gasteiger partial charge < -0.3 is 15.9 Å². The smallest absolute Gasteiger partial charge is 0.213 e. The van der Waals surface area contributed by atoms with Crippen molar-refractivity contribution in [2.45, 2.75) is 0 Å². The van der Waals surface area contributed by atoms with Gasteiger partial charge in [0.2, 0.25) is 5.88 Å². The van der Waals surface area contributed by atoms with Crippen molar-refractivity contribution in [2.75, 3.05) is 12.8 Å². The predicted octanol–water partition coefficient (Wildman–Crippen LogP) is 0.670. The van der Waals surface area contributed by atoms with E-state index in [9.17, 15) is 0 Å². The highest BCUT2D eigenvalue weighted by Crippen LogP contribution is 2.13. The van der Waals surface area contributed by atoms with Crippen molar-refractivity contribution in [3.63, 3.8) is 0 Å². The third-order valence-corrected chi connectivity index (χ3v) is 1.31. The van der Waals surface area contributed by atoms with E-state index in [2.05, 4.69) is 4.98 Å². The molecule has 4 heteroatoms. The molecule has 1 aromatic heterocycles. The number of nitrogens with zero attached hydrogens (tertiary/aromatic N) is 1. The molecule has 11 heavy (non-hydrogen) atoms. The first-order valence-corrected chi connectivity index (χ1v) is 3.08. The molecule has 0 saturated heterocycles. The highest BCUT2D eigenvalue weighted by Gasteiger charge is 1.98. The van der Waals surface area contributed by atoms with E-state index >= 15 is 0 Å². The maximum absolute atomic E-state index is 6.97. The summed E-state index contributed by atoms with van der Waals surface area (Å²) in [6, 6.07) is 1.61. The van der Waals surface area contributed by atoms with Crippen LogP contribution in [0.2, 0.25) is 0 Å². The molecule has 0 radical (unpaired) electrons. The van der Waals surface area contributed by atoms with E-state index in [1.165, 1.54) is 19.5 Å². The molecular weight excluding hydrogens is 142 g/mol.